The van der Waals surface area contributed by atoms with Gasteiger partial charge in [-0.25, -0.2) is 0 Å². The molecule has 0 amide bonds. The van der Waals surface area contributed by atoms with E-state index in [0.717, 1.165) is 25.3 Å². The van der Waals surface area contributed by atoms with Gasteiger partial charge in [0.1, 0.15) is 12.4 Å². The zero-order chi connectivity index (χ0) is 14.2. The van der Waals surface area contributed by atoms with Crippen molar-refractivity contribution in [3.05, 3.63) is 65.7 Å². The second-order valence-corrected chi connectivity index (χ2v) is 5.06. The van der Waals surface area contributed by atoms with Gasteiger partial charge in [-0.2, -0.15) is 0 Å². The minimum atomic E-state index is 0.624. The van der Waals surface area contributed by atoms with Crippen LogP contribution in [0.25, 0.3) is 0 Å². The molecule has 0 atom stereocenters. The van der Waals surface area contributed by atoms with Crippen LogP contribution in [0.3, 0.4) is 0 Å². The standard InChI is InChI=1S/C18H23NO/c1-3-19(2)14-13-16-9-11-18(12-10-16)20-15-17-7-5-4-6-8-17/h4-12H,3,13-15H2,1-2H3. The van der Waals surface area contributed by atoms with Gasteiger partial charge in [0.15, 0.2) is 0 Å². The molecule has 2 nitrogen and oxygen atoms in total. The van der Waals surface area contributed by atoms with Gasteiger partial charge in [-0.15, -0.1) is 0 Å². The van der Waals surface area contributed by atoms with Crippen molar-refractivity contribution in [2.45, 2.75) is 20.0 Å². The molecule has 2 rings (SSSR count). The van der Waals surface area contributed by atoms with E-state index in [1.165, 1.54) is 11.1 Å². The molecule has 0 aliphatic heterocycles. The van der Waals surface area contributed by atoms with Crippen LogP contribution in [0.2, 0.25) is 0 Å². The molecule has 0 radical (unpaired) electrons. The van der Waals surface area contributed by atoms with Crippen LogP contribution in [0.15, 0.2) is 54.6 Å². The van der Waals surface area contributed by atoms with Crippen LogP contribution in [0.5, 0.6) is 5.75 Å². The summed E-state index contributed by atoms with van der Waals surface area (Å²) in [5, 5.41) is 0. The molecule has 0 saturated heterocycles. The Bertz CT molecular complexity index is 493. The van der Waals surface area contributed by atoms with Crippen molar-refractivity contribution in [2.24, 2.45) is 0 Å². The van der Waals surface area contributed by atoms with Gasteiger partial charge in [-0.05, 0) is 43.3 Å². The number of nitrogens with zero attached hydrogens (tertiary/aromatic N) is 1. The fourth-order valence-corrected chi connectivity index (χ4v) is 1.97. The highest BCUT2D eigenvalue weighted by atomic mass is 16.5. The molecule has 0 aliphatic carbocycles. The largest absolute Gasteiger partial charge is 0.489 e. The van der Waals surface area contributed by atoms with Crippen LogP contribution in [0.4, 0.5) is 0 Å². The molecule has 0 heterocycles. The molecule has 2 aromatic carbocycles. The number of ether oxygens (including phenoxy) is 1. The van der Waals surface area contributed by atoms with E-state index in [1.54, 1.807) is 0 Å². The monoisotopic (exact) mass is 269 g/mol. The van der Waals surface area contributed by atoms with Crippen LogP contribution in [-0.4, -0.2) is 25.0 Å². The third-order valence-corrected chi connectivity index (χ3v) is 3.49. The Balaban J connectivity index is 1.82. The molecule has 0 saturated carbocycles. The van der Waals surface area contributed by atoms with Crippen molar-refractivity contribution >= 4 is 0 Å². The first-order chi connectivity index (χ1) is 9.78. The summed E-state index contributed by atoms with van der Waals surface area (Å²) < 4.78 is 5.78. The molecule has 0 aromatic heterocycles. The molecule has 106 valence electrons. The van der Waals surface area contributed by atoms with E-state index in [2.05, 4.69) is 55.3 Å². The van der Waals surface area contributed by atoms with Crippen molar-refractivity contribution in [1.82, 2.24) is 4.90 Å². The summed E-state index contributed by atoms with van der Waals surface area (Å²) in [5.41, 5.74) is 2.55. The Morgan fingerprint density at radius 3 is 2.25 bits per heavy atom. The summed E-state index contributed by atoms with van der Waals surface area (Å²) in [6.07, 6.45) is 1.09. The first kappa shape index (κ1) is 14.6. The summed E-state index contributed by atoms with van der Waals surface area (Å²) in [6.45, 7) is 5.00. The topological polar surface area (TPSA) is 12.5 Å². The number of benzene rings is 2. The van der Waals surface area contributed by atoms with E-state index >= 15 is 0 Å². The fourth-order valence-electron chi connectivity index (χ4n) is 1.97. The van der Waals surface area contributed by atoms with Crippen LogP contribution < -0.4 is 4.74 Å². The van der Waals surface area contributed by atoms with Crippen molar-refractivity contribution < 1.29 is 4.74 Å². The van der Waals surface area contributed by atoms with Gasteiger partial charge < -0.3 is 9.64 Å². The van der Waals surface area contributed by atoms with Gasteiger partial charge in [-0.1, -0.05) is 49.4 Å². The zero-order valence-electron chi connectivity index (χ0n) is 12.4. The molecule has 20 heavy (non-hydrogen) atoms. The second-order valence-electron chi connectivity index (χ2n) is 5.06. The SMILES string of the molecule is CCN(C)CCc1ccc(OCc2ccccc2)cc1. The maximum absolute atomic E-state index is 5.78. The number of hydrogen-bond acceptors (Lipinski definition) is 2. The molecule has 0 spiro atoms. The average molecular weight is 269 g/mol. The van der Waals surface area contributed by atoms with Gasteiger partial charge in [0.25, 0.3) is 0 Å². The van der Waals surface area contributed by atoms with E-state index in [-0.39, 0.29) is 0 Å². The highest BCUT2D eigenvalue weighted by Crippen LogP contribution is 2.14. The lowest BCUT2D eigenvalue weighted by atomic mass is 10.1. The summed E-state index contributed by atoms with van der Waals surface area (Å²) in [4.78, 5) is 2.32. The van der Waals surface area contributed by atoms with Crippen molar-refractivity contribution in [3.8, 4) is 5.75 Å². The smallest absolute Gasteiger partial charge is 0.119 e. The molecule has 2 heteroatoms. The predicted octanol–water partition coefficient (Wildman–Crippen LogP) is 3.76. The normalized spacial score (nSPS) is 10.8. The summed E-state index contributed by atoms with van der Waals surface area (Å²) in [6, 6.07) is 18.7. The molecule has 0 unspecified atom stereocenters. The van der Waals surface area contributed by atoms with Crippen molar-refractivity contribution in [2.75, 3.05) is 20.1 Å². The minimum absolute atomic E-state index is 0.624. The lowest BCUT2D eigenvalue weighted by Gasteiger charge is -2.13. The van der Waals surface area contributed by atoms with Crippen LogP contribution >= 0.6 is 0 Å². The molecule has 0 aliphatic rings. The van der Waals surface area contributed by atoms with E-state index in [1.807, 2.05) is 18.2 Å². The molecular formula is C18H23NO. The zero-order valence-corrected chi connectivity index (χ0v) is 12.4. The third-order valence-electron chi connectivity index (χ3n) is 3.49. The highest BCUT2D eigenvalue weighted by Gasteiger charge is 1.99. The Labute approximate surface area is 122 Å². The Kier molecular flexibility index (Phi) is 5.63. The summed E-state index contributed by atoms with van der Waals surface area (Å²) in [5.74, 6) is 0.932. The van der Waals surface area contributed by atoms with Crippen LogP contribution in [0.1, 0.15) is 18.1 Å². The van der Waals surface area contributed by atoms with Gasteiger partial charge in [0, 0.05) is 6.54 Å². The second kappa shape index (κ2) is 7.71. The molecular weight excluding hydrogens is 246 g/mol. The Morgan fingerprint density at radius 2 is 1.60 bits per heavy atom. The average Bonchev–Trinajstić information content (AvgIpc) is 2.52. The Morgan fingerprint density at radius 1 is 0.900 bits per heavy atom. The van der Waals surface area contributed by atoms with Gasteiger partial charge in [0.2, 0.25) is 0 Å². The molecule has 0 N–H and O–H groups in total. The van der Waals surface area contributed by atoms with Gasteiger partial charge in [-0.3, -0.25) is 0 Å². The quantitative estimate of drug-likeness (QED) is 0.759. The van der Waals surface area contributed by atoms with E-state index in [0.29, 0.717) is 6.61 Å². The summed E-state index contributed by atoms with van der Waals surface area (Å²) >= 11 is 0. The van der Waals surface area contributed by atoms with E-state index in [9.17, 15) is 0 Å². The summed E-state index contributed by atoms with van der Waals surface area (Å²) in [7, 11) is 2.15. The van der Waals surface area contributed by atoms with Crippen LogP contribution in [-0.2, 0) is 13.0 Å². The van der Waals surface area contributed by atoms with Gasteiger partial charge in [0.05, 0.1) is 0 Å². The first-order valence-electron chi connectivity index (χ1n) is 7.22. The first-order valence-corrected chi connectivity index (χ1v) is 7.22. The lowest BCUT2D eigenvalue weighted by molar-refractivity contribution is 0.306. The van der Waals surface area contributed by atoms with Crippen LogP contribution in [0, 0.1) is 0 Å². The number of hydrogen-bond donors (Lipinski definition) is 0. The van der Waals surface area contributed by atoms with E-state index < -0.39 is 0 Å². The molecule has 2 aromatic rings. The highest BCUT2D eigenvalue weighted by molar-refractivity contribution is 5.28. The maximum atomic E-state index is 5.78. The van der Waals surface area contributed by atoms with E-state index in [4.69, 9.17) is 4.74 Å². The van der Waals surface area contributed by atoms with Gasteiger partial charge >= 0.3 is 0 Å². The maximum Gasteiger partial charge on any atom is 0.119 e. The fraction of sp³-hybridized carbons (Fsp3) is 0.333. The predicted molar refractivity (Wildman–Crippen MR) is 84.1 cm³/mol. The molecule has 0 fully saturated rings. The minimum Gasteiger partial charge on any atom is -0.489 e. The third kappa shape index (κ3) is 4.71. The molecule has 0 bridgehead atoms. The number of likely N-dealkylation sites (N-methyl/N-ethyl adjacent to an activating group) is 1. The Hall–Kier alpha value is -1.80. The van der Waals surface area contributed by atoms with Crippen molar-refractivity contribution in [1.29, 1.82) is 0 Å². The van der Waals surface area contributed by atoms with Crippen molar-refractivity contribution in [3.63, 3.8) is 0 Å². The lowest BCUT2D eigenvalue weighted by Crippen LogP contribution is -2.20. The number of rotatable bonds is 7.